The van der Waals surface area contributed by atoms with Crippen molar-refractivity contribution in [1.82, 2.24) is 4.98 Å². The first-order valence-electron chi connectivity index (χ1n) is 2.42. The maximum atomic E-state index is 10.6. The van der Waals surface area contributed by atoms with Crippen LogP contribution in [0.4, 0.5) is 0 Å². The fourth-order valence-electron chi connectivity index (χ4n) is 0.504. The fourth-order valence-corrected chi connectivity index (χ4v) is 0.504. The quantitative estimate of drug-likeness (QED) is 0.533. The van der Waals surface area contributed by atoms with Crippen molar-refractivity contribution in [2.24, 2.45) is 0 Å². The van der Waals surface area contributed by atoms with E-state index in [0.717, 1.165) is 0 Å². The second-order valence-electron chi connectivity index (χ2n) is 1.53. The molecule has 0 radical (unpaired) electrons. The SMILES string of the molecule is N#Cc1c[nH]ccc1=O. The highest BCUT2D eigenvalue weighted by Crippen LogP contribution is 1.80. The minimum atomic E-state index is -0.240. The van der Waals surface area contributed by atoms with Gasteiger partial charge in [0.1, 0.15) is 11.6 Å². The van der Waals surface area contributed by atoms with Crippen molar-refractivity contribution >= 4 is 0 Å². The topological polar surface area (TPSA) is 56.6 Å². The normalized spacial score (nSPS) is 8.33. The van der Waals surface area contributed by atoms with Gasteiger partial charge in [-0.25, -0.2) is 0 Å². The lowest BCUT2D eigenvalue weighted by molar-refractivity contribution is 1.27. The van der Waals surface area contributed by atoms with Crippen LogP contribution < -0.4 is 5.43 Å². The minimum Gasteiger partial charge on any atom is -0.366 e. The van der Waals surface area contributed by atoms with Crippen LogP contribution in [0.25, 0.3) is 0 Å². The molecule has 0 amide bonds. The van der Waals surface area contributed by atoms with Crippen molar-refractivity contribution in [3.63, 3.8) is 0 Å². The molecule has 44 valence electrons. The number of H-pyrrole nitrogens is 1. The molecule has 3 nitrogen and oxygen atoms in total. The van der Waals surface area contributed by atoms with Crippen LogP contribution in [-0.4, -0.2) is 4.98 Å². The predicted molar refractivity (Wildman–Crippen MR) is 31.8 cm³/mol. The Morgan fingerprint density at radius 2 is 2.44 bits per heavy atom. The molecular weight excluding hydrogens is 116 g/mol. The van der Waals surface area contributed by atoms with Crippen LogP contribution in [0.5, 0.6) is 0 Å². The zero-order valence-electron chi connectivity index (χ0n) is 4.59. The Labute approximate surface area is 51.6 Å². The number of hydrogen-bond acceptors (Lipinski definition) is 2. The smallest absolute Gasteiger partial charge is 0.199 e. The monoisotopic (exact) mass is 120 g/mol. The summed E-state index contributed by atoms with van der Waals surface area (Å²) in [5.41, 5.74) is -0.0891. The number of rotatable bonds is 0. The van der Waals surface area contributed by atoms with E-state index in [1.165, 1.54) is 18.5 Å². The molecule has 0 atom stereocenters. The van der Waals surface area contributed by atoms with Gasteiger partial charge in [0.15, 0.2) is 5.43 Å². The van der Waals surface area contributed by atoms with Crippen LogP contribution in [0, 0.1) is 11.3 Å². The van der Waals surface area contributed by atoms with Gasteiger partial charge < -0.3 is 4.98 Å². The third kappa shape index (κ3) is 0.970. The van der Waals surface area contributed by atoms with Gasteiger partial charge in [-0.2, -0.15) is 5.26 Å². The molecule has 0 aromatic carbocycles. The molecule has 1 N–H and O–H groups in total. The number of aromatic amines is 1. The molecule has 1 aromatic rings. The molecule has 0 aliphatic heterocycles. The Morgan fingerprint density at radius 1 is 1.67 bits per heavy atom. The summed E-state index contributed by atoms with van der Waals surface area (Å²) in [5.74, 6) is 0. The third-order valence-electron chi connectivity index (χ3n) is 0.945. The van der Waals surface area contributed by atoms with E-state index >= 15 is 0 Å². The summed E-state index contributed by atoms with van der Waals surface area (Å²) in [5, 5.41) is 8.25. The van der Waals surface area contributed by atoms with Crippen molar-refractivity contribution in [3.05, 3.63) is 34.2 Å². The molecule has 0 saturated carbocycles. The molecular formula is C6H4N2O. The van der Waals surface area contributed by atoms with E-state index in [4.69, 9.17) is 5.26 Å². The van der Waals surface area contributed by atoms with E-state index < -0.39 is 0 Å². The van der Waals surface area contributed by atoms with Gasteiger partial charge >= 0.3 is 0 Å². The van der Waals surface area contributed by atoms with Crippen molar-refractivity contribution in [2.75, 3.05) is 0 Å². The molecule has 0 aliphatic carbocycles. The van der Waals surface area contributed by atoms with Crippen molar-refractivity contribution < 1.29 is 0 Å². The van der Waals surface area contributed by atoms with Crippen LogP contribution in [0.3, 0.4) is 0 Å². The molecule has 0 aliphatic rings. The first-order valence-corrected chi connectivity index (χ1v) is 2.42. The molecule has 0 unspecified atom stereocenters. The summed E-state index contributed by atoms with van der Waals surface area (Å²) in [6.45, 7) is 0. The van der Waals surface area contributed by atoms with Gasteiger partial charge in [-0.3, -0.25) is 4.79 Å². The third-order valence-corrected chi connectivity index (χ3v) is 0.945. The average molecular weight is 120 g/mol. The van der Waals surface area contributed by atoms with E-state index in [-0.39, 0.29) is 11.0 Å². The highest BCUT2D eigenvalue weighted by atomic mass is 16.1. The Kier molecular flexibility index (Phi) is 1.32. The molecule has 3 heteroatoms. The Hall–Kier alpha value is -1.56. The molecule has 0 bridgehead atoms. The van der Waals surface area contributed by atoms with E-state index in [1.807, 2.05) is 0 Å². The molecule has 1 rings (SSSR count). The van der Waals surface area contributed by atoms with Crippen LogP contribution in [0.1, 0.15) is 5.56 Å². The van der Waals surface area contributed by atoms with Crippen LogP contribution >= 0.6 is 0 Å². The standard InChI is InChI=1S/C6H4N2O/c7-3-5-4-8-2-1-6(5)9/h1-2,4H,(H,8,9). The zero-order chi connectivity index (χ0) is 6.69. The summed E-state index contributed by atoms with van der Waals surface area (Å²) in [7, 11) is 0. The second kappa shape index (κ2) is 2.14. The number of hydrogen-bond donors (Lipinski definition) is 1. The maximum Gasteiger partial charge on any atom is 0.199 e. The van der Waals surface area contributed by atoms with Gasteiger partial charge in [0.05, 0.1) is 0 Å². The van der Waals surface area contributed by atoms with E-state index in [1.54, 1.807) is 6.07 Å². The Morgan fingerprint density at radius 3 is 2.89 bits per heavy atom. The van der Waals surface area contributed by atoms with E-state index in [0.29, 0.717) is 0 Å². The highest BCUT2D eigenvalue weighted by Gasteiger charge is 1.90. The summed E-state index contributed by atoms with van der Waals surface area (Å²) >= 11 is 0. The lowest BCUT2D eigenvalue weighted by atomic mass is 10.3. The van der Waals surface area contributed by atoms with Gasteiger partial charge in [0.25, 0.3) is 0 Å². The summed E-state index contributed by atoms with van der Waals surface area (Å²) in [4.78, 5) is 13.2. The van der Waals surface area contributed by atoms with Crippen molar-refractivity contribution in [2.45, 2.75) is 0 Å². The van der Waals surface area contributed by atoms with Crippen LogP contribution in [-0.2, 0) is 0 Å². The van der Waals surface area contributed by atoms with Crippen LogP contribution in [0.15, 0.2) is 23.3 Å². The first-order chi connectivity index (χ1) is 4.34. The molecule has 0 saturated heterocycles. The number of nitriles is 1. The van der Waals surface area contributed by atoms with Gasteiger partial charge in [0, 0.05) is 18.5 Å². The molecule has 0 fully saturated rings. The fraction of sp³-hybridized carbons (Fsp3) is 0. The largest absolute Gasteiger partial charge is 0.366 e. The highest BCUT2D eigenvalue weighted by molar-refractivity contribution is 5.23. The van der Waals surface area contributed by atoms with Gasteiger partial charge in [-0.05, 0) is 0 Å². The first kappa shape index (κ1) is 5.57. The Balaban J connectivity index is 3.38. The predicted octanol–water partition coefficient (Wildman–Crippen LogP) is 0.247. The minimum absolute atomic E-state index is 0.150. The number of nitrogens with one attached hydrogen (secondary N) is 1. The molecule has 0 spiro atoms. The summed E-state index contributed by atoms with van der Waals surface area (Å²) in [6.07, 6.45) is 2.87. The van der Waals surface area contributed by atoms with Gasteiger partial charge in [0.2, 0.25) is 0 Å². The van der Waals surface area contributed by atoms with Crippen LogP contribution in [0.2, 0.25) is 0 Å². The Bertz CT molecular complexity index is 294. The van der Waals surface area contributed by atoms with E-state index in [2.05, 4.69) is 4.98 Å². The number of aromatic nitrogens is 1. The van der Waals surface area contributed by atoms with Crippen molar-refractivity contribution in [1.29, 1.82) is 5.26 Å². The summed E-state index contributed by atoms with van der Waals surface area (Å²) < 4.78 is 0. The number of nitrogens with zero attached hydrogens (tertiary/aromatic N) is 1. The maximum absolute atomic E-state index is 10.6. The number of pyridine rings is 1. The summed E-state index contributed by atoms with van der Waals surface area (Å²) in [6, 6.07) is 3.07. The van der Waals surface area contributed by atoms with Gasteiger partial charge in [-0.15, -0.1) is 0 Å². The molecule has 9 heavy (non-hydrogen) atoms. The lowest BCUT2D eigenvalue weighted by Crippen LogP contribution is -2.02. The van der Waals surface area contributed by atoms with Gasteiger partial charge in [-0.1, -0.05) is 0 Å². The molecule has 1 heterocycles. The van der Waals surface area contributed by atoms with Crippen molar-refractivity contribution in [3.8, 4) is 6.07 Å². The average Bonchev–Trinajstić information content (AvgIpc) is 1.89. The zero-order valence-corrected chi connectivity index (χ0v) is 4.59. The molecule has 1 aromatic heterocycles. The second-order valence-corrected chi connectivity index (χ2v) is 1.53. The lowest BCUT2D eigenvalue weighted by Gasteiger charge is -1.81. The van der Waals surface area contributed by atoms with E-state index in [9.17, 15) is 4.79 Å².